The molecule has 6 nitrogen and oxygen atoms in total. The number of rotatable bonds is 8. The number of hydrogen-bond donors (Lipinski definition) is 2. The summed E-state index contributed by atoms with van der Waals surface area (Å²) in [5.41, 5.74) is 9.71. The highest BCUT2D eigenvalue weighted by atomic mass is 16.5. The number of amides is 2. The van der Waals surface area contributed by atoms with Crippen LogP contribution in [0.3, 0.4) is 0 Å². The van der Waals surface area contributed by atoms with Crippen LogP contribution in [0.2, 0.25) is 0 Å². The zero-order valence-electron chi connectivity index (χ0n) is 16.9. The molecule has 0 aliphatic heterocycles. The summed E-state index contributed by atoms with van der Waals surface area (Å²) in [5.74, 6) is -0.277. The molecule has 28 heavy (non-hydrogen) atoms. The predicted molar refractivity (Wildman–Crippen MR) is 114 cm³/mol. The summed E-state index contributed by atoms with van der Waals surface area (Å²) in [7, 11) is 0. The van der Waals surface area contributed by atoms with Crippen molar-refractivity contribution >= 4 is 17.7 Å². The summed E-state index contributed by atoms with van der Waals surface area (Å²) >= 11 is 0. The largest absolute Gasteiger partial charge is 0.375 e. The van der Waals surface area contributed by atoms with E-state index in [0.29, 0.717) is 19.8 Å². The Hall–Kier alpha value is -2.86. The third-order valence-electron chi connectivity index (χ3n) is 4.48. The molecule has 2 rings (SSSR count). The number of carbonyl (C=O) groups excluding carboxylic acids is 1. The van der Waals surface area contributed by atoms with E-state index < -0.39 is 0 Å². The molecular weight excluding hydrogens is 352 g/mol. The van der Waals surface area contributed by atoms with E-state index in [4.69, 9.17) is 15.9 Å². The van der Waals surface area contributed by atoms with E-state index >= 15 is 0 Å². The number of nitrogens with one attached hydrogen (secondary N) is 1. The van der Waals surface area contributed by atoms with Gasteiger partial charge in [0.1, 0.15) is 0 Å². The monoisotopic (exact) mass is 382 g/mol. The molecule has 2 aromatic rings. The van der Waals surface area contributed by atoms with Crippen molar-refractivity contribution in [2.75, 3.05) is 24.6 Å². The molecule has 0 heterocycles. The molecular formula is C22H30N4O2. The van der Waals surface area contributed by atoms with Gasteiger partial charge in [-0.25, -0.2) is 4.79 Å². The van der Waals surface area contributed by atoms with Crippen LogP contribution in [-0.2, 0) is 11.3 Å². The molecule has 0 aliphatic carbocycles. The molecule has 0 atom stereocenters. The molecule has 6 heteroatoms. The highest BCUT2D eigenvalue weighted by Crippen LogP contribution is 2.26. The lowest BCUT2D eigenvalue weighted by molar-refractivity contribution is 0.111. The van der Waals surface area contributed by atoms with Crippen LogP contribution >= 0.6 is 0 Å². The fourth-order valence-corrected chi connectivity index (χ4v) is 3.14. The smallest absolute Gasteiger partial charge is 0.331 e. The second-order valence-corrected chi connectivity index (χ2v) is 6.75. The molecule has 0 radical (unpaired) electrons. The molecule has 0 bridgehead atoms. The third kappa shape index (κ3) is 5.57. The van der Waals surface area contributed by atoms with Gasteiger partial charge < -0.3 is 10.5 Å². The van der Waals surface area contributed by atoms with Crippen LogP contribution < -0.4 is 10.6 Å². The average Bonchev–Trinajstić information content (AvgIpc) is 2.67. The average molecular weight is 383 g/mol. The quantitative estimate of drug-likeness (QED) is 0.410. The van der Waals surface area contributed by atoms with Gasteiger partial charge in [0.25, 0.3) is 0 Å². The maximum absolute atomic E-state index is 13.2. The molecule has 2 aromatic carbocycles. The van der Waals surface area contributed by atoms with Gasteiger partial charge in [-0.1, -0.05) is 55.5 Å². The first kappa shape index (κ1) is 21.4. The molecule has 150 valence electrons. The van der Waals surface area contributed by atoms with E-state index in [9.17, 15) is 4.79 Å². The maximum Gasteiger partial charge on any atom is 0.331 e. The third-order valence-corrected chi connectivity index (χ3v) is 4.48. The summed E-state index contributed by atoms with van der Waals surface area (Å²) in [4.78, 5) is 16.2. The Morgan fingerprint density at radius 1 is 1.04 bits per heavy atom. The summed E-state index contributed by atoms with van der Waals surface area (Å²) in [6.07, 6.45) is 0.801. The van der Waals surface area contributed by atoms with Crippen molar-refractivity contribution < 1.29 is 9.53 Å². The Morgan fingerprint density at radius 3 is 2.25 bits per heavy atom. The number of aryl methyl sites for hydroxylation is 2. The first-order valence-corrected chi connectivity index (χ1v) is 9.56. The Labute approximate surface area is 167 Å². The Morgan fingerprint density at radius 2 is 1.68 bits per heavy atom. The van der Waals surface area contributed by atoms with Crippen molar-refractivity contribution in [1.82, 2.24) is 4.90 Å². The van der Waals surface area contributed by atoms with Gasteiger partial charge in [0.05, 0.1) is 25.4 Å². The van der Waals surface area contributed by atoms with E-state index in [2.05, 4.69) is 0 Å². The van der Waals surface area contributed by atoms with Crippen molar-refractivity contribution in [3.05, 3.63) is 65.2 Å². The van der Waals surface area contributed by atoms with Gasteiger partial charge in [0, 0.05) is 6.54 Å². The second kappa shape index (κ2) is 10.5. The zero-order chi connectivity index (χ0) is 20.5. The van der Waals surface area contributed by atoms with Crippen LogP contribution in [0, 0.1) is 19.3 Å². The summed E-state index contributed by atoms with van der Waals surface area (Å²) in [6.45, 7) is 7.53. The summed E-state index contributed by atoms with van der Waals surface area (Å²) in [6, 6.07) is 15.5. The van der Waals surface area contributed by atoms with Gasteiger partial charge in [-0.15, -0.1) is 0 Å². The van der Waals surface area contributed by atoms with Crippen molar-refractivity contribution in [2.45, 2.75) is 33.8 Å². The number of guanidine groups is 1. The van der Waals surface area contributed by atoms with Crippen LogP contribution in [-0.4, -0.2) is 36.6 Å². The van der Waals surface area contributed by atoms with Crippen molar-refractivity contribution in [2.24, 2.45) is 5.73 Å². The highest BCUT2D eigenvalue weighted by molar-refractivity contribution is 6.03. The lowest BCUT2D eigenvalue weighted by Gasteiger charge is -2.31. The maximum atomic E-state index is 13.2. The number of nitrogens with two attached hydrogens (primary N) is 1. The van der Waals surface area contributed by atoms with Crippen molar-refractivity contribution in [3.63, 3.8) is 0 Å². The highest BCUT2D eigenvalue weighted by Gasteiger charge is 2.25. The number of benzene rings is 2. The number of ether oxygens (including phenoxy) is 1. The minimum absolute atomic E-state index is 0.228. The molecule has 0 unspecified atom stereocenters. The Kier molecular flexibility index (Phi) is 8.02. The van der Waals surface area contributed by atoms with Crippen LogP contribution in [0.1, 0.15) is 30.0 Å². The fourth-order valence-electron chi connectivity index (χ4n) is 3.14. The van der Waals surface area contributed by atoms with E-state index in [1.165, 1.54) is 4.90 Å². The molecule has 3 N–H and O–H groups in total. The predicted octanol–water partition coefficient (Wildman–Crippen LogP) is 4.05. The first-order valence-electron chi connectivity index (χ1n) is 9.56. The topological polar surface area (TPSA) is 82.7 Å². The molecule has 0 aromatic heterocycles. The summed E-state index contributed by atoms with van der Waals surface area (Å²) < 4.78 is 5.68. The van der Waals surface area contributed by atoms with E-state index in [0.717, 1.165) is 28.8 Å². The zero-order valence-corrected chi connectivity index (χ0v) is 16.9. The van der Waals surface area contributed by atoms with Gasteiger partial charge in [-0.05, 0) is 37.0 Å². The Balaban J connectivity index is 2.09. The molecule has 0 spiro atoms. The van der Waals surface area contributed by atoms with E-state index in [1.807, 2.05) is 69.3 Å². The lowest BCUT2D eigenvalue weighted by atomic mass is 10.1. The van der Waals surface area contributed by atoms with E-state index in [1.54, 1.807) is 4.90 Å². The molecule has 0 saturated heterocycles. The van der Waals surface area contributed by atoms with Crippen LogP contribution in [0.5, 0.6) is 0 Å². The molecule has 0 saturated carbocycles. The normalized spacial score (nSPS) is 10.5. The minimum Gasteiger partial charge on any atom is -0.375 e. The van der Waals surface area contributed by atoms with Crippen LogP contribution in [0.25, 0.3) is 0 Å². The number of nitrogens with zero attached hydrogens (tertiary/aromatic N) is 2. The van der Waals surface area contributed by atoms with Crippen LogP contribution in [0.4, 0.5) is 10.5 Å². The van der Waals surface area contributed by atoms with Crippen LogP contribution in [0.15, 0.2) is 48.5 Å². The van der Waals surface area contributed by atoms with E-state index in [-0.39, 0.29) is 18.5 Å². The van der Waals surface area contributed by atoms with Gasteiger partial charge in [0.2, 0.25) is 0 Å². The first-order chi connectivity index (χ1) is 13.5. The second-order valence-electron chi connectivity index (χ2n) is 6.75. The van der Waals surface area contributed by atoms with Crippen molar-refractivity contribution in [3.8, 4) is 0 Å². The number of carbonyl (C=O) groups is 1. The minimum atomic E-state index is -0.296. The SMILES string of the molecule is CCCN(C(=O)N(CCOCc1ccccc1)C(=N)N)c1c(C)cccc1C. The molecule has 0 aliphatic rings. The molecule has 0 fully saturated rings. The molecule has 2 amide bonds. The Bertz CT molecular complexity index is 772. The number of para-hydroxylation sites is 1. The standard InChI is InChI=1S/C22H30N4O2/c1-4-13-25(20-17(2)9-8-10-18(20)3)22(27)26(21(23)24)14-15-28-16-19-11-6-5-7-12-19/h5-12H,4,13-16H2,1-3H3,(H3,23,24). The lowest BCUT2D eigenvalue weighted by Crippen LogP contribution is -2.50. The summed E-state index contributed by atoms with van der Waals surface area (Å²) in [5, 5.41) is 7.88. The van der Waals surface area contributed by atoms with Gasteiger partial charge in [0.15, 0.2) is 5.96 Å². The van der Waals surface area contributed by atoms with Gasteiger partial charge >= 0.3 is 6.03 Å². The van der Waals surface area contributed by atoms with Gasteiger partial charge in [-0.2, -0.15) is 0 Å². The number of anilines is 1. The van der Waals surface area contributed by atoms with Gasteiger partial charge in [-0.3, -0.25) is 15.2 Å². The number of urea groups is 1. The fraction of sp³-hybridized carbons (Fsp3) is 0.364. The number of hydrogen-bond acceptors (Lipinski definition) is 3. The van der Waals surface area contributed by atoms with Crippen molar-refractivity contribution in [1.29, 1.82) is 5.41 Å².